The molecule has 1 rings (SSSR count). The van der Waals surface area contributed by atoms with Crippen molar-refractivity contribution >= 4 is 12.1 Å². The number of hydrogen-bond acceptors (Lipinski definition) is 4. The van der Waals surface area contributed by atoms with Gasteiger partial charge in [0.2, 0.25) is 0 Å². The third-order valence-corrected chi connectivity index (χ3v) is 5.68. The fraction of sp³-hybridized carbons (Fsp3) is 0.917. The lowest BCUT2D eigenvalue weighted by molar-refractivity contribution is -0.148. The fourth-order valence-corrected chi connectivity index (χ4v) is 3.89. The molecule has 1 atom stereocenters. The predicted molar refractivity (Wildman–Crippen MR) is 118 cm³/mol. The number of unbranched alkanes of at least 4 members (excludes halogenated alkanes) is 12. The monoisotopic (exact) mass is 411 g/mol. The number of amides is 1. The van der Waals surface area contributed by atoms with E-state index in [1.807, 2.05) is 6.92 Å². The maximum Gasteiger partial charge on any atom is 0.410 e. The first-order chi connectivity index (χ1) is 14.2. The summed E-state index contributed by atoms with van der Waals surface area (Å²) in [5.41, 5.74) is 0. The topological polar surface area (TPSA) is 55.8 Å². The van der Waals surface area contributed by atoms with Crippen molar-refractivity contribution in [1.82, 2.24) is 4.90 Å². The summed E-state index contributed by atoms with van der Waals surface area (Å²) in [5.74, 6) is -0.269. The molecule has 0 N–H and O–H groups in total. The zero-order chi connectivity index (χ0) is 21.2. The maximum atomic E-state index is 12.3. The average molecular weight is 412 g/mol. The zero-order valence-corrected chi connectivity index (χ0v) is 19.1. The van der Waals surface area contributed by atoms with Gasteiger partial charge in [-0.1, -0.05) is 90.9 Å². The first-order valence-corrected chi connectivity index (χ1v) is 12.3. The highest BCUT2D eigenvalue weighted by Crippen LogP contribution is 2.20. The second-order valence-corrected chi connectivity index (χ2v) is 8.38. The first-order valence-electron chi connectivity index (χ1n) is 12.3. The number of carbonyl (C=O) groups excluding carboxylic acids is 2. The van der Waals surface area contributed by atoms with Crippen molar-refractivity contribution in [2.75, 3.05) is 19.8 Å². The smallest absolute Gasteiger partial charge is 0.410 e. The molecule has 0 aliphatic carbocycles. The van der Waals surface area contributed by atoms with Gasteiger partial charge in [0.15, 0.2) is 0 Å². The summed E-state index contributed by atoms with van der Waals surface area (Å²) in [6.07, 6.45) is 18.8. The summed E-state index contributed by atoms with van der Waals surface area (Å²) in [4.78, 5) is 25.8. The largest absolute Gasteiger partial charge is 0.464 e. The van der Waals surface area contributed by atoms with Crippen LogP contribution in [0.4, 0.5) is 4.79 Å². The molecule has 1 fully saturated rings. The molecular formula is C24H45NO4. The highest BCUT2D eigenvalue weighted by Gasteiger charge is 2.36. The molecule has 0 saturated carbocycles. The SMILES string of the molecule is CCCCCCCCCCCCCCCOC(=O)C1CCCN1C(=O)OCCC. The van der Waals surface area contributed by atoms with E-state index in [-0.39, 0.29) is 12.1 Å². The van der Waals surface area contributed by atoms with E-state index in [0.29, 0.717) is 26.2 Å². The molecular weight excluding hydrogens is 366 g/mol. The molecule has 1 heterocycles. The second-order valence-electron chi connectivity index (χ2n) is 8.38. The second kappa shape index (κ2) is 17.6. The highest BCUT2D eigenvalue weighted by molar-refractivity contribution is 5.82. The molecule has 170 valence electrons. The lowest BCUT2D eigenvalue weighted by Gasteiger charge is -2.22. The molecule has 1 aliphatic heterocycles. The van der Waals surface area contributed by atoms with Crippen molar-refractivity contribution in [1.29, 1.82) is 0 Å². The van der Waals surface area contributed by atoms with Gasteiger partial charge in [-0.2, -0.15) is 0 Å². The fourth-order valence-electron chi connectivity index (χ4n) is 3.89. The molecule has 0 aromatic rings. The van der Waals surface area contributed by atoms with Crippen LogP contribution in [-0.4, -0.2) is 42.8 Å². The van der Waals surface area contributed by atoms with Gasteiger partial charge in [0.25, 0.3) is 0 Å². The molecule has 1 saturated heterocycles. The third kappa shape index (κ3) is 12.1. The van der Waals surface area contributed by atoms with Crippen molar-refractivity contribution in [3.8, 4) is 0 Å². The number of likely N-dealkylation sites (tertiary alicyclic amines) is 1. The van der Waals surface area contributed by atoms with E-state index < -0.39 is 6.04 Å². The lowest BCUT2D eigenvalue weighted by Crippen LogP contribution is -2.41. The molecule has 1 amide bonds. The van der Waals surface area contributed by atoms with Crippen LogP contribution in [-0.2, 0) is 14.3 Å². The Morgan fingerprint density at radius 2 is 1.28 bits per heavy atom. The Kier molecular flexibility index (Phi) is 15.6. The predicted octanol–water partition coefficient (Wildman–Crippen LogP) is 6.63. The zero-order valence-electron chi connectivity index (χ0n) is 19.1. The average Bonchev–Trinajstić information content (AvgIpc) is 3.22. The van der Waals surface area contributed by atoms with Crippen LogP contribution in [0.2, 0.25) is 0 Å². The van der Waals surface area contributed by atoms with Gasteiger partial charge in [-0.3, -0.25) is 4.90 Å². The molecule has 0 bridgehead atoms. The van der Waals surface area contributed by atoms with Gasteiger partial charge in [-0.05, 0) is 25.7 Å². The van der Waals surface area contributed by atoms with E-state index in [4.69, 9.17) is 9.47 Å². The molecule has 5 heteroatoms. The van der Waals surface area contributed by atoms with E-state index >= 15 is 0 Å². The van der Waals surface area contributed by atoms with E-state index in [9.17, 15) is 9.59 Å². The molecule has 0 aromatic heterocycles. The van der Waals surface area contributed by atoms with Crippen LogP contribution >= 0.6 is 0 Å². The minimum Gasteiger partial charge on any atom is -0.464 e. The summed E-state index contributed by atoms with van der Waals surface area (Å²) in [7, 11) is 0. The van der Waals surface area contributed by atoms with Crippen LogP contribution in [0, 0.1) is 0 Å². The Labute approximate surface area is 178 Å². The van der Waals surface area contributed by atoms with Crippen LogP contribution in [0.15, 0.2) is 0 Å². The normalized spacial score (nSPS) is 16.2. The van der Waals surface area contributed by atoms with E-state index in [0.717, 1.165) is 25.7 Å². The molecule has 29 heavy (non-hydrogen) atoms. The van der Waals surface area contributed by atoms with Crippen LogP contribution in [0.25, 0.3) is 0 Å². The maximum absolute atomic E-state index is 12.3. The van der Waals surface area contributed by atoms with Crippen molar-refractivity contribution in [2.45, 2.75) is 123 Å². The van der Waals surface area contributed by atoms with Crippen molar-refractivity contribution in [3.05, 3.63) is 0 Å². The van der Waals surface area contributed by atoms with Gasteiger partial charge in [0.1, 0.15) is 6.04 Å². The minimum atomic E-state index is -0.457. The quantitative estimate of drug-likeness (QED) is 0.199. The number of nitrogens with zero attached hydrogens (tertiary/aromatic N) is 1. The standard InChI is InChI=1S/C24H45NO4/c1-3-5-6-7-8-9-10-11-12-13-14-15-16-21-28-23(26)22-18-17-19-25(22)24(27)29-20-4-2/h22H,3-21H2,1-2H3. The van der Waals surface area contributed by atoms with Gasteiger partial charge in [0.05, 0.1) is 13.2 Å². The van der Waals surface area contributed by atoms with Crippen molar-refractivity contribution in [3.63, 3.8) is 0 Å². The Morgan fingerprint density at radius 3 is 1.83 bits per heavy atom. The number of rotatable bonds is 17. The molecule has 0 spiro atoms. The van der Waals surface area contributed by atoms with Gasteiger partial charge < -0.3 is 9.47 Å². The van der Waals surface area contributed by atoms with Gasteiger partial charge in [0, 0.05) is 6.54 Å². The summed E-state index contributed by atoms with van der Waals surface area (Å²) >= 11 is 0. The van der Waals surface area contributed by atoms with Crippen molar-refractivity contribution < 1.29 is 19.1 Å². The first kappa shape index (κ1) is 25.8. The summed E-state index contributed by atoms with van der Waals surface area (Å²) in [5, 5.41) is 0. The summed E-state index contributed by atoms with van der Waals surface area (Å²) < 4.78 is 10.6. The Morgan fingerprint density at radius 1 is 0.724 bits per heavy atom. The van der Waals surface area contributed by atoms with Crippen LogP contribution in [0.3, 0.4) is 0 Å². The summed E-state index contributed by atoms with van der Waals surface area (Å²) in [6.45, 7) is 5.67. The molecule has 1 unspecified atom stereocenters. The van der Waals surface area contributed by atoms with Gasteiger partial charge in [-0.15, -0.1) is 0 Å². The van der Waals surface area contributed by atoms with Gasteiger partial charge >= 0.3 is 12.1 Å². The van der Waals surface area contributed by atoms with Crippen LogP contribution < -0.4 is 0 Å². The van der Waals surface area contributed by atoms with E-state index in [2.05, 4.69) is 6.92 Å². The van der Waals surface area contributed by atoms with Crippen LogP contribution in [0.5, 0.6) is 0 Å². The van der Waals surface area contributed by atoms with Crippen LogP contribution in [0.1, 0.15) is 117 Å². The highest BCUT2D eigenvalue weighted by atomic mass is 16.6. The van der Waals surface area contributed by atoms with Gasteiger partial charge in [-0.25, -0.2) is 9.59 Å². The van der Waals surface area contributed by atoms with E-state index in [1.165, 1.54) is 75.5 Å². The Bertz CT molecular complexity index is 427. The molecule has 5 nitrogen and oxygen atoms in total. The summed E-state index contributed by atoms with van der Waals surface area (Å²) in [6, 6.07) is -0.457. The number of hydrogen-bond donors (Lipinski definition) is 0. The number of ether oxygens (including phenoxy) is 2. The van der Waals surface area contributed by atoms with E-state index in [1.54, 1.807) is 0 Å². The lowest BCUT2D eigenvalue weighted by atomic mass is 10.0. The molecule has 0 aromatic carbocycles. The van der Waals surface area contributed by atoms with Crippen molar-refractivity contribution in [2.24, 2.45) is 0 Å². The Hall–Kier alpha value is -1.26. The molecule has 0 radical (unpaired) electrons. The third-order valence-electron chi connectivity index (χ3n) is 5.68. The number of esters is 1. The minimum absolute atomic E-state index is 0.269. The molecule has 1 aliphatic rings. The number of carbonyl (C=O) groups is 2. The Balaban J connectivity index is 1.95.